The molecule has 1 rings (SSSR count). The van der Waals surface area contributed by atoms with Gasteiger partial charge in [-0.2, -0.15) is 0 Å². The SMILES string of the molecule is Nc1cc(Cl)c(C(O)C(O)C(=O)O)cc1[N+](=O)[O-]. The highest BCUT2D eigenvalue weighted by Gasteiger charge is 2.29. The number of halogens is 1. The Hall–Kier alpha value is -1.90. The molecule has 0 aliphatic carbocycles. The van der Waals surface area contributed by atoms with Crippen LogP contribution in [0.1, 0.15) is 11.7 Å². The van der Waals surface area contributed by atoms with Gasteiger partial charge in [-0.15, -0.1) is 0 Å². The lowest BCUT2D eigenvalue weighted by Crippen LogP contribution is -2.27. The van der Waals surface area contributed by atoms with E-state index in [1.54, 1.807) is 0 Å². The molecule has 0 aliphatic heterocycles. The number of hydrogen-bond donors (Lipinski definition) is 4. The molecule has 1 aromatic rings. The quantitative estimate of drug-likeness (QED) is 0.351. The van der Waals surface area contributed by atoms with Crippen LogP contribution in [0, 0.1) is 10.1 Å². The first-order chi connectivity index (χ1) is 8.25. The fraction of sp³-hybridized carbons (Fsp3) is 0.222. The molecule has 2 atom stereocenters. The highest BCUT2D eigenvalue weighted by Crippen LogP contribution is 2.33. The van der Waals surface area contributed by atoms with Gasteiger partial charge >= 0.3 is 5.97 Å². The predicted octanol–water partition coefficient (Wildman–Crippen LogP) is 0.309. The summed E-state index contributed by atoms with van der Waals surface area (Å²) < 4.78 is 0. The molecule has 0 spiro atoms. The maximum absolute atomic E-state index is 10.6. The Balaban J connectivity index is 3.28. The van der Waals surface area contributed by atoms with Gasteiger partial charge in [-0.1, -0.05) is 11.6 Å². The van der Waals surface area contributed by atoms with Crippen molar-refractivity contribution in [2.45, 2.75) is 12.2 Å². The van der Waals surface area contributed by atoms with Crippen molar-refractivity contribution in [3.63, 3.8) is 0 Å². The van der Waals surface area contributed by atoms with Gasteiger partial charge < -0.3 is 21.1 Å². The summed E-state index contributed by atoms with van der Waals surface area (Å²) in [5, 5.41) is 37.7. The molecule has 5 N–H and O–H groups in total. The number of hydrogen-bond acceptors (Lipinski definition) is 6. The minimum atomic E-state index is -2.15. The molecule has 98 valence electrons. The van der Waals surface area contributed by atoms with Crippen molar-refractivity contribution in [3.8, 4) is 0 Å². The summed E-state index contributed by atoms with van der Waals surface area (Å²) in [6.07, 6.45) is -4.04. The maximum atomic E-state index is 10.6. The third-order valence-corrected chi connectivity index (χ3v) is 2.54. The van der Waals surface area contributed by atoms with Crippen LogP contribution in [-0.4, -0.2) is 32.3 Å². The zero-order valence-corrected chi connectivity index (χ0v) is 9.53. The van der Waals surface area contributed by atoms with Crippen molar-refractivity contribution in [1.29, 1.82) is 0 Å². The summed E-state index contributed by atoms with van der Waals surface area (Å²) in [6, 6.07) is 1.83. The zero-order chi connectivity index (χ0) is 14.0. The number of carboxylic acids is 1. The van der Waals surface area contributed by atoms with E-state index >= 15 is 0 Å². The van der Waals surface area contributed by atoms with Crippen molar-refractivity contribution >= 4 is 28.9 Å². The van der Waals surface area contributed by atoms with Crippen LogP contribution in [0.15, 0.2) is 12.1 Å². The highest BCUT2D eigenvalue weighted by atomic mass is 35.5. The molecule has 0 saturated carbocycles. The third kappa shape index (κ3) is 2.67. The Bertz CT molecular complexity index is 506. The van der Waals surface area contributed by atoms with Crippen LogP contribution in [-0.2, 0) is 4.79 Å². The Kier molecular flexibility index (Phi) is 4.07. The lowest BCUT2D eigenvalue weighted by Gasteiger charge is -2.15. The number of nitrogens with zero attached hydrogens (tertiary/aromatic N) is 1. The number of nitro groups is 1. The van der Waals surface area contributed by atoms with Crippen LogP contribution in [0.4, 0.5) is 11.4 Å². The van der Waals surface area contributed by atoms with Gasteiger partial charge in [0.25, 0.3) is 5.69 Å². The largest absolute Gasteiger partial charge is 0.479 e. The highest BCUT2D eigenvalue weighted by molar-refractivity contribution is 6.31. The number of carbonyl (C=O) groups is 1. The average molecular weight is 277 g/mol. The van der Waals surface area contributed by atoms with E-state index in [0.29, 0.717) is 0 Å². The van der Waals surface area contributed by atoms with Crippen LogP contribution in [0.5, 0.6) is 0 Å². The summed E-state index contributed by atoms with van der Waals surface area (Å²) in [5.41, 5.74) is 4.29. The molecule has 9 heteroatoms. The van der Waals surface area contributed by atoms with Crippen LogP contribution in [0.25, 0.3) is 0 Å². The van der Waals surface area contributed by atoms with Crippen molar-refractivity contribution in [2.24, 2.45) is 0 Å². The number of benzene rings is 1. The van der Waals surface area contributed by atoms with Crippen LogP contribution < -0.4 is 5.73 Å². The number of nitro benzene ring substituents is 1. The number of aliphatic carboxylic acids is 1. The number of nitrogen functional groups attached to an aromatic ring is 1. The van der Waals surface area contributed by atoms with Gasteiger partial charge in [0.1, 0.15) is 11.8 Å². The first-order valence-electron chi connectivity index (χ1n) is 4.58. The lowest BCUT2D eigenvalue weighted by atomic mass is 10.0. The molecule has 0 aliphatic rings. The van der Waals surface area contributed by atoms with Crippen molar-refractivity contribution in [1.82, 2.24) is 0 Å². The topological polar surface area (TPSA) is 147 Å². The minimum Gasteiger partial charge on any atom is -0.479 e. The van der Waals surface area contributed by atoms with E-state index in [1.807, 2.05) is 0 Å². The molecule has 0 heterocycles. The van der Waals surface area contributed by atoms with E-state index in [1.165, 1.54) is 0 Å². The molecule has 0 amide bonds. The molecular formula is C9H9ClN2O6. The molecule has 1 aromatic carbocycles. The number of aliphatic hydroxyl groups is 2. The molecule has 2 unspecified atom stereocenters. The zero-order valence-electron chi connectivity index (χ0n) is 8.78. The Morgan fingerprint density at radius 1 is 1.44 bits per heavy atom. The lowest BCUT2D eigenvalue weighted by molar-refractivity contribution is -0.384. The number of carboxylic acid groups (broad SMARTS) is 1. The van der Waals surface area contributed by atoms with E-state index in [9.17, 15) is 20.0 Å². The number of nitrogens with two attached hydrogens (primary N) is 1. The summed E-state index contributed by atoms with van der Waals surface area (Å²) in [5.74, 6) is -1.68. The van der Waals surface area contributed by atoms with Crippen LogP contribution >= 0.6 is 11.6 Å². The monoisotopic (exact) mass is 276 g/mol. The second-order valence-corrected chi connectivity index (χ2v) is 3.82. The normalized spacial score (nSPS) is 13.9. The molecule has 0 fully saturated rings. The van der Waals surface area contributed by atoms with E-state index in [-0.39, 0.29) is 16.3 Å². The van der Waals surface area contributed by atoms with Gasteiger partial charge in [0.2, 0.25) is 0 Å². The summed E-state index contributed by atoms with van der Waals surface area (Å²) in [4.78, 5) is 20.3. The molecule has 0 bridgehead atoms. The van der Waals surface area contributed by atoms with Crippen molar-refractivity contribution in [3.05, 3.63) is 32.8 Å². The number of anilines is 1. The van der Waals surface area contributed by atoms with Gasteiger partial charge in [-0.3, -0.25) is 10.1 Å². The molecule has 8 nitrogen and oxygen atoms in total. The Morgan fingerprint density at radius 2 is 2.00 bits per heavy atom. The van der Waals surface area contributed by atoms with Gasteiger partial charge in [0.15, 0.2) is 6.10 Å². The maximum Gasteiger partial charge on any atom is 0.335 e. The smallest absolute Gasteiger partial charge is 0.335 e. The average Bonchev–Trinajstić information content (AvgIpc) is 2.26. The van der Waals surface area contributed by atoms with E-state index in [4.69, 9.17) is 27.5 Å². The molecular weight excluding hydrogens is 268 g/mol. The van der Waals surface area contributed by atoms with E-state index in [0.717, 1.165) is 12.1 Å². The molecule has 0 radical (unpaired) electrons. The van der Waals surface area contributed by atoms with Gasteiger partial charge in [-0.05, 0) is 6.07 Å². The molecule has 0 aromatic heterocycles. The fourth-order valence-corrected chi connectivity index (χ4v) is 1.57. The second kappa shape index (κ2) is 5.17. The second-order valence-electron chi connectivity index (χ2n) is 3.42. The van der Waals surface area contributed by atoms with E-state index < -0.39 is 28.8 Å². The summed E-state index contributed by atoms with van der Waals surface area (Å²) >= 11 is 5.68. The Morgan fingerprint density at radius 3 is 2.44 bits per heavy atom. The molecule has 18 heavy (non-hydrogen) atoms. The fourth-order valence-electron chi connectivity index (χ4n) is 1.28. The Labute approximate surface area is 105 Å². The standard InChI is InChI=1S/C9H9ClN2O6/c10-4-2-5(11)6(12(17)18)1-3(4)7(13)8(14)9(15)16/h1-2,7-8,13-14H,11H2,(H,15,16). The van der Waals surface area contributed by atoms with Gasteiger partial charge in [0, 0.05) is 16.7 Å². The summed E-state index contributed by atoms with van der Waals surface area (Å²) in [6.45, 7) is 0. The number of aliphatic hydroxyl groups excluding tert-OH is 2. The van der Waals surface area contributed by atoms with Crippen molar-refractivity contribution < 1.29 is 25.0 Å². The predicted molar refractivity (Wildman–Crippen MR) is 61.1 cm³/mol. The van der Waals surface area contributed by atoms with Gasteiger partial charge in [-0.25, -0.2) is 4.79 Å². The third-order valence-electron chi connectivity index (χ3n) is 2.21. The first-order valence-corrected chi connectivity index (χ1v) is 4.95. The minimum absolute atomic E-state index is 0.175. The molecule has 0 saturated heterocycles. The van der Waals surface area contributed by atoms with Crippen molar-refractivity contribution in [2.75, 3.05) is 5.73 Å². The van der Waals surface area contributed by atoms with Crippen LogP contribution in [0.2, 0.25) is 5.02 Å². The first kappa shape index (κ1) is 14.2. The number of rotatable bonds is 4. The van der Waals surface area contributed by atoms with Gasteiger partial charge in [0.05, 0.1) is 4.92 Å². The van der Waals surface area contributed by atoms with E-state index in [2.05, 4.69) is 0 Å². The van der Waals surface area contributed by atoms with Crippen LogP contribution in [0.3, 0.4) is 0 Å². The summed E-state index contributed by atoms with van der Waals surface area (Å²) in [7, 11) is 0.